The Kier molecular flexibility index (Phi) is 8.60. The number of rotatable bonds is 5. The Balaban J connectivity index is 0.00000280. The van der Waals surface area contributed by atoms with Gasteiger partial charge in [0.25, 0.3) is 0 Å². The van der Waals surface area contributed by atoms with Crippen LogP contribution in [0, 0.1) is 0 Å². The molecule has 4 nitrogen and oxygen atoms in total. The Hall–Kier alpha value is -0.840. The van der Waals surface area contributed by atoms with E-state index in [0.29, 0.717) is 11.8 Å². The van der Waals surface area contributed by atoms with E-state index in [4.69, 9.17) is 0 Å². The molecule has 0 saturated heterocycles. The van der Waals surface area contributed by atoms with Crippen LogP contribution < -0.4 is 34.7 Å². The first-order valence-electron chi connectivity index (χ1n) is 10.6. The second-order valence-corrected chi connectivity index (χ2v) is 9.08. The molecular formula is C23H34N2NaO2+. The van der Waals surface area contributed by atoms with Gasteiger partial charge in [0.1, 0.15) is 6.29 Å². The summed E-state index contributed by atoms with van der Waals surface area (Å²) in [5.74, 6) is 1.44. The summed E-state index contributed by atoms with van der Waals surface area (Å²) in [7, 11) is 0. The van der Waals surface area contributed by atoms with Crippen molar-refractivity contribution < 1.29 is 44.0 Å². The van der Waals surface area contributed by atoms with Crippen LogP contribution in [0.3, 0.4) is 0 Å². The van der Waals surface area contributed by atoms with E-state index < -0.39 is 0 Å². The van der Waals surface area contributed by atoms with Crippen molar-refractivity contribution in [3.63, 3.8) is 0 Å². The standard InChI is InChI=1S/C23H34N2O2.Na/c1-23(2,3)20-15-18(22(27)19(16-20)17-26)9-7-12-25-14-8-13-24-11-6-4-5-10-21(24)25;/h15-17H,4-14H2,1-3H3;/q;+1. The van der Waals surface area contributed by atoms with Crippen LogP contribution in [-0.2, 0) is 11.8 Å². The average molecular weight is 394 g/mol. The number of aryl methyl sites for hydroxylation is 1. The summed E-state index contributed by atoms with van der Waals surface area (Å²) >= 11 is 0. The van der Waals surface area contributed by atoms with Crippen LogP contribution in [0.2, 0.25) is 0 Å². The van der Waals surface area contributed by atoms with Crippen LogP contribution in [0.15, 0.2) is 12.1 Å². The Labute approximate surface area is 192 Å². The zero-order valence-electron chi connectivity index (χ0n) is 18.2. The van der Waals surface area contributed by atoms with Crippen molar-refractivity contribution in [2.75, 3.05) is 26.2 Å². The number of hydrogen-bond donors (Lipinski definition) is 0. The first-order chi connectivity index (χ1) is 12.9. The number of amidine groups is 1. The van der Waals surface area contributed by atoms with Gasteiger partial charge in [0.05, 0.1) is 26.2 Å². The molecule has 0 radical (unpaired) electrons. The van der Waals surface area contributed by atoms with E-state index in [1.54, 1.807) is 6.07 Å². The third kappa shape index (κ3) is 5.61. The third-order valence-electron chi connectivity index (χ3n) is 5.98. The summed E-state index contributed by atoms with van der Waals surface area (Å²) in [4.78, 5) is 13.9. The predicted octanol–water partition coefficient (Wildman–Crippen LogP) is 0.498. The van der Waals surface area contributed by atoms with Crippen molar-refractivity contribution in [2.45, 2.75) is 71.1 Å². The SMILES string of the molecule is CC(C)(C)c1cc(C=O)c([O-])c(CCCN2CCC[N+]3=C2CCCCC3)c1.[Na+]. The monoisotopic (exact) mass is 393 g/mol. The molecule has 0 amide bonds. The van der Waals surface area contributed by atoms with Crippen LogP contribution in [-0.4, -0.2) is 47.8 Å². The van der Waals surface area contributed by atoms with Crippen LogP contribution in [0.5, 0.6) is 5.75 Å². The van der Waals surface area contributed by atoms with E-state index in [2.05, 4.69) is 30.2 Å². The predicted molar refractivity (Wildman–Crippen MR) is 108 cm³/mol. The molecule has 1 aromatic rings. The number of carbonyl (C=O) groups is 1. The van der Waals surface area contributed by atoms with Crippen molar-refractivity contribution in [3.05, 3.63) is 28.8 Å². The molecule has 2 heterocycles. The number of nitrogens with zero attached hydrogens (tertiary/aromatic N) is 2. The summed E-state index contributed by atoms with van der Waals surface area (Å²) < 4.78 is 2.58. The molecule has 5 heteroatoms. The zero-order valence-corrected chi connectivity index (χ0v) is 20.2. The maximum atomic E-state index is 12.6. The largest absolute Gasteiger partial charge is 1.00 e. The minimum Gasteiger partial charge on any atom is -0.872 e. The van der Waals surface area contributed by atoms with Gasteiger partial charge in [-0.2, -0.15) is 0 Å². The molecule has 3 rings (SSSR count). The zero-order chi connectivity index (χ0) is 19.4. The van der Waals surface area contributed by atoms with Gasteiger partial charge >= 0.3 is 29.6 Å². The second kappa shape index (κ2) is 10.3. The molecule has 1 aromatic carbocycles. The minimum atomic E-state index is -0.0830. The fourth-order valence-corrected chi connectivity index (χ4v) is 4.35. The van der Waals surface area contributed by atoms with Crippen LogP contribution in [0.25, 0.3) is 0 Å². The maximum absolute atomic E-state index is 12.6. The van der Waals surface area contributed by atoms with E-state index in [1.165, 1.54) is 51.0 Å². The Morgan fingerprint density at radius 1 is 1.14 bits per heavy atom. The van der Waals surface area contributed by atoms with Crippen molar-refractivity contribution in [1.29, 1.82) is 0 Å². The van der Waals surface area contributed by atoms with Crippen molar-refractivity contribution in [1.82, 2.24) is 4.90 Å². The van der Waals surface area contributed by atoms with E-state index in [-0.39, 0.29) is 40.7 Å². The molecule has 0 saturated carbocycles. The summed E-state index contributed by atoms with van der Waals surface area (Å²) in [5.41, 5.74) is 2.11. The van der Waals surface area contributed by atoms with Crippen LogP contribution in [0.1, 0.15) is 80.8 Å². The number of aldehydes is 1. The quantitative estimate of drug-likeness (QED) is 0.416. The Morgan fingerprint density at radius 3 is 2.61 bits per heavy atom. The number of carbonyl (C=O) groups excluding carboxylic acids is 1. The molecular weight excluding hydrogens is 359 g/mol. The van der Waals surface area contributed by atoms with Gasteiger partial charge in [-0.05, 0) is 49.1 Å². The van der Waals surface area contributed by atoms with Crippen molar-refractivity contribution in [2.24, 2.45) is 0 Å². The molecule has 0 aliphatic carbocycles. The van der Waals surface area contributed by atoms with E-state index in [1.807, 2.05) is 6.07 Å². The first kappa shape index (κ1) is 23.4. The van der Waals surface area contributed by atoms with Gasteiger partial charge in [-0.15, -0.1) is 0 Å². The second-order valence-electron chi connectivity index (χ2n) is 9.08. The molecule has 0 aromatic heterocycles. The van der Waals surface area contributed by atoms with E-state index >= 15 is 0 Å². The summed E-state index contributed by atoms with van der Waals surface area (Å²) in [6.45, 7) is 10.9. The van der Waals surface area contributed by atoms with Crippen LogP contribution in [0.4, 0.5) is 0 Å². The Morgan fingerprint density at radius 2 is 1.89 bits per heavy atom. The van der Waals surface area contributed by atoms with Crippen molar-refractivity contribution >= 4 is 12.1 Å². The smallest absolute Gasteiger partial charge is 0.872 e. The van der Waals surface area contributed by atoms with Gasteiger partial charge in [-0.25, -0.2) is 0 Å². The fraction of sp³-hybridized carbons (Fsp3) is 0.652. The summed E-state index contributed by atoms with van der Waals surface area (Å²) in [5, 5.41) is 12.6. The normalized spacial score (nSPS) is 17.6. The molecule has 2 aliphatic rings. The average Bonchev–Trinajstić information content (AvgIpc) is 2.88. The molecule has 0 atom stereocenters. The van der Waals surface area contributed by atoms with Gasteiger partial charge in [0.15, 0.2) is 0 Å². The van der Waals surface area contributed by atoms with Crippen LogP contribution >= 0.6 is 0 Å². The fourth-order valence-electron chi connectivity index (χ4n) is 4.35. The van der Waals surface area contributed by atoms with Gasteiger partial charge < -0.3 is 5.11 Å². The van der Waals surface area contributed by atoms with Crippen molar-refractivity contribution in [3.8, 4) is 5.75 Å². The molecule has 0 N–H and O–H groups in total. The molecule has 2 aliphatic heterocycles. The Bertz CT molecular complexity index is 722. The third-order valence-corrected chi connectivity index (χ3v) is 5.98. The number of hydrogen-bond acceptors (Lipinski definition) is 3. The van der Waals surface area contributed by atoms with Gasteiger partial charge in [-0.3, -0.25) is 14.3 Å². The van der Waals surface area contributed by atoms with E-state index in [0.717, 1.165) is 37.1 Å². The summed E-state index contributed by atoms with van der Waals surface area (Å²) in [6, 6.07) is 3.79. The van der Waals surface area contributed by atoms with E-state index in [9.17, 15) is 9.90 Å². The maximum Gasteiger partial charge on any atom is 1.00 e. The molecule has 148 valence electrons. The molecule has 0 bridgehead atoms. The summed E-state index contributed by atoms with van der Waals surface area (Å²) in [6.07, 6.45) is 8.78. The molecule has 0 spiro atoms. The topological polar surface area (TPSA) is 46.4 Å². The molecule has 0 unspecified atom stereocenters. The van der Waals surface area contributed by atoms with Gasteiger partial charge in [0.2, 0.25) is 5.84 Å². The molecule has 0 fully saturated rings. The molecule has 28 heavy (non-hydrogen) atoms. The first-order valence-corrected chi connectivity index (χ1v) is 10.6. The minimum absolute atomic E-state index is 0. The van der Waals surface area contributed by atoms with Gasteiger partial charge in [-0.1, -0.05) is 38.2 Å². The van der Waals surface area contributed by atoms with Gasteiger partial charge in [0, 0.05) is 18.4 Å². The number of benzene rings is 1.